The molecule has 1 aromatic heterocycles. The summed E-state index contributed by atoms with van der Waals surface area (Å²) in [7, 11) is -3.56. The van der Waals surface area contributed by atoms with Crippen molar-refractivity contribution in [3.05, 3.63) is 69.9 Å². The maximum atomic E-state index is 13.4. The quantitative estimate of drug-likeness (QED) is 0.413. The Balaban J connectivity index is 1.37. The zero-order valence-electron chi connectivity index (χ0n) is 17.6. The van der Waals surface area contributed by atoms with Crippen LogP contribution in [0.1, 0.15) is 31.0 Å². The van der Waals surface area contributed by atoms with Crippen LogP contribution in [-0.2, 0) is 16.3 Å². The summed E-state index contributed by atoms with van der Waals surface area (Å²) in [5.41, 5.74) is 2.15. The highest BCUT2D eigenvalue weighted by molar-refractivity contribution is 7.92. The van der Waals surface area contributed by atoms with Crippen LogP contribution < -0.4 is 9.64 Å². The maximum Gasteiger partial charge on any atom is 0.185 e. The number of rotatable bonds is 7. The number of nitrogens with zero attached hydrogens (tertiary/aromatic N) is 2. The minimum atomic E-state index is -3.56. The lowest BCUT2D eigenvalue weighted by Crippen LogP contribution is -2.39. The van der Waals surface area contributed by atoms with Gasteiger partial charge < -0.3 is 9.64 Å². The second kappa shape index (κ2) is 9.77. The Kier molecular flexibility index (Phi) is 7.02. The molecule has 0 unspecified atom stereocenters. The van der Waals surface area contributed by atoms with Crippen LogP contribution in [0.25, 0.3) is 0 Å². The van der Waals surface area contributed by atoms with Crippen LogP contribution in [0.4, 0.5) is 9.52 Å². The van der Waals surface area contributed by atoms with Gasteiger partial charge in [0.25, 0.3) is 0 Å². The zero-order chi connectivity index (χ0) is 22.7. The third-order valence-corrected chi connectivity index (χ3v) is 9.03. The van der Waals surface area contributed by atoms with E-state index in [1.165, 1.54) is 12.1 Å². The average Bonchev–Trinajstić information content (AvgIpc) is 3.26. The van der Waals surface area contributed by atoms with Gasteiger partial charge in [0.15, 0.2) is 15.0 Å². The molecule has 0 atom stereocenters. The summed E-state index contributed by atoms with van der Waals surface area (Å²) >= 11 is 7.36. The van der Waals surface area contributed by atoms with Crippen molar-refractivity contribution < 1.29 is 17.5 Å². The molecule has 4 rings (SSSR count). The highest BCUT2D eigenvalue weighted by Crippen LogP contribution is 2.31. The van der Waals surface area contributed by atoms with E-state index in [-0.39, 0.29) is 9.92 Å². The van der Waals surface area contributed by atoms with Crippen molar-refractivity contribution in [1.82, 2.24) is 4.98 Å². The Labute approximate surface area is 196 Å². The summed E-state index contributed by atoms with van der Waals surface area (Å²) in [5.74, 6) is 0.237. The molecule has 5 nitrogen and oxygen atoms in total. The molecule has 2 heterocycles. The number of hydrogen-bond donors (Lipinski definition) is 0. The second-order valence-corrected chi connectivity index (χ2v) is 11.2. The summed E-state index contributed by atoms with van der Waals surface area (Å²) in [4.78, 5) is 6.97. The third-order valence-electron chi connectivity index (χ3n) is 5.53. The number of benzene rings is 2. The molecule has 1 aliphatic heterocycles. The van der Waals surface area contributed by atoms with Gasteiger partial charge in [-0.3, -0.25) is 0 Å². The van der Waals surface area contributed by atoms with E-state index in [1.54, 1.807) is 11.3 Å². The van der Waals surface area contributed by atoms with E-state index in [1.807, 2.05) is 31.2 Å². The summed E-state index contributed by atoms with van der Waals surface area (Å²) in [6.45, 7) is 3.81. The fraction of sp³-hybridized carbons (Fsp3) is 0.348. The lowest BCUT2D eigenvalue weighted by atomic mass is 10.1. The first-order valence-electron chi connectivity index (χ1n) is 10.5. The molecule has 0 amide bonds. The topological polar surface area (TPSA) is 59.5 Å². The van der Waals surface area contributed by atoms with Crippen LogP contribution in [0.5, 0.6) is 5.75 Å². The van der Waals surface area contributed by atoms with Gasteiger partial charge >= 0.3 is 0 Å². The highest BCUT2D eigenvalue weighted by Gasteiger charge is 2.32. The SMILES string of the molecule is CCOc1ccc(Cc2csc(N3CCC(S(=O)(=O)c4ccc(F)c(Cl)c4)CC3)n2)cc1. The van der Waals surface area contributed by atoms with E-state index >= 15 is 0 Å². The minimum absolute atomic E-state index is 0.0780. The maximum absolute atomic E-state index is 13.4. The van der Waals surface area contributed by atoms with Gasteiger partial charge in [-0.1, -0.05) is 23.7 Å². The molecule has 0 N–H and O–H groups in total. The number of anilines is 1. The van der Waals surface area contributed by atoms with Gasteiger partial charge in [-0.05, 0) is 55.7 Å². The zero-order valence-corrected chi connectivity index (χ0v) is 20.0. The molecule has 170 valence electrons. The molecule has 2 aromatic carbocycles. The van der Waals surface area contributed by atoms with Crippen LogP contribution in [0, 0.1) is 5.82 Å². The molecule has 0 aliphatic carbocycles. The predicted octanol–water partition coefficient (Wildman–Crippen LogP) is 5.37. The van der Waals surface area contributed by atoms with Crippen molar-refractivity contribution in [1.29, 1.82) is 0 Å². The van der Waals surface area contributed by atoms with E-state index in [2.05, 4.69) is 10.3 Å². The molecule has 0 radical (unpaired) electrons. The Bertz CT molecular complexity index is 1170. The lowest BCUT2D eigenvalue weighted by molar-refractivity contribution is 0.340. The Hall–Kier alpha value is -2.16. The van der Waals surface area contributed by atoms with Crippen LogP contribution in [0.2, 0.25) is 5.02 Å². The first-order valence-corrected chi connectivity index (χ1v) is 13.3. The fourth-order valence-corrected chi connectivity index (χ4v) is 6.69. The number of sulfone groups is 1. The molecule has 3 aromatic rings. The molecule has 9 heteroatoms. The number of aromatic nitrogens is 1. The Morgan fingerprint density at radius 2 is 1.91 bits per heavy atom. The molecule has 32 heavy (non-hydrogen) atoms. The van der Waals surface area contributed by atoms with E-state index in [0.29, 0.717) is 32.5 Å². The van der Waals surface area contributed by atoms with Gasteiger partial charge in [0, 0.05) is 24.9 Å². The van der Waals surface area contributed by atoms with Crippen LogP contribution in [0.15, 0.2) is 52.7 Å². The van der Waals surface area contributed by atoms with E-state index < -0.39 is 20.9 Å². The predicted molar refractivity (Wildman–Crippen MR) is 126 cm³/mol. The smallest absolute Gasteiger partial charge is 0.185 e. The molecule has 0 spiro atoms. The standard InChI is InChI=1S/C23H24ClFN2O3S2/c1-2-30-18-5-3-16(4-6-18)13-17-15-31-23(26-17)27-11-9-19(10-12-27)32(28,29)20-7-8-22(25)21(24)14-20/h3-8,14-15,19H,2,9-13H2,1H3. The number of halogens is 2. The summed E-state index contributed by atoms with van der Waals surface area (Å²) in [6, 6.07) is 11.6. The lowest BCUT2D eigenvalue weighted by Gasteiger charge is -2.31. The van der Waals surface area contributed by atoms with Gasteiger partial charge in [0.1, 0.15) is 11.6 Å². The molecular weight excluding hydrogens is 471 g/mol. The van der Waals surface area contributed by atoms with Gasteiger partial charge in [-0.15, -0.1) is 11.3 Å². The van der Waals surface area contributed by atoms with Crippen molar-refractivity contribution in [3.8, 4) is 5.75 Å². The average molecular weight is 495 g/mol. The van der Waals surface area contributed by atoms with E-state index in [4.69, 9.17) is 21.3 Å². The largest absolute Gasteiger partial charge is 0.494 e. The molecule has 1 aliphatic rings. The summed E-state index contributed by atoms with van der Waals surface area (Å²) in [6.07, 6.45) is 1.72. The van der Waals surface area contributed by atoms with E-state index in [9.17, 15) is 12.8 Å². The molecule has 1 fully saturated rings. The number of thiazole rings is 1. The van der Waals surface area contributed by atoms with E-state index in [0.717, 1.165) is 34.6 Å². The summed E-state index contributed by atoms with van der Waals surface area (Å²) < 4.78 is 44.8. The normalized spacial score (nSPS) is 15.2. The molecular formula is C23H24ClFN2O3S2. The van der Waals surface area contributed by atoms with Crippen molar-refractivity contribution in [3.63, 3.8) is 0 Å². The van der Waals surface area contributed by atoms with Gasteiger partial charge in [0.2, 0.25) is 0 Å². The monoisotopic (exact) mass is 494 g/mol. The second-order valence-electron chi connectivity index (χ2n) is 7.68. The number of hydrogen-bond acceptors (Lipinski definition) is 6. The van der Waals surface area contributed by atoms with Crippen molar-refractivity contribution in [2.24, 2.45) is 0 Å². The molecule has 1 saturated heterocycles. The highest BCUT2D eigenvalue weighted by atomic mass is 35.5. The van der Waals surface area contributed by atoms with Crippen LogP contribution in [-0.4, -0.2) is 38.3 Å². The van der Waals surface area contributed by atoms with Crippen molar-refractivity contribution >= 4 is 37.9 Å². The summed E-state index contributed by atoms with van der Waals surface area (Å²) in [5, 5.41) is 2.27. The van der Waals surface area contributed by atoms with Gasteiger partial charge in [0.05, 0.1) is 27.5 Å². The van der Waals surface area contributed by atoms with Crippen LogP contribution in [0.3, 0.4) is 0 Å². The number of piperidine rings is 1. The Morgan fingerprint density at radius 3 is 2.56 bits per heavy atom. The Morgan fingerprint density at radius 1 is 1.19 bits per heavy atom. The van der Waals surface area contributed by atoms with Gasteiger partial charge in [-0.2, -0.15) is 0 Å². The van der Waals surface area contributed by atoms with Crippen LogP contribution >= 0.6 is 22.9 Å². The fourth-order valence-electron chi connectivity index (χ4n) is 3.81. The number of ether oxygens (including phenoxy) is 1. The van der Waals surface area contributed by atoms with Crippen molar-refractivity contribution in [2.45, 2.75) is 36.3 Å². The third kappa shape index (κ3) is 5.08. The minimum Gasteiger partial charge on any atom is -0.494 e. The van der Waals surface area contributed by atoms with Gasteiger partial charge in [-0.25, -0.2) is 17.8 Å². The first kappa shape index (κ1) is 23.0. The first-order chi connectivity index (χ1) is 15.4. The van der Waals surface area contributed by atoms with Crippen molar-refractivity contribution in [2.75, 3.05) is 24.6 Å². The molecule has 0 bridgehead atoms. The molecule has 0 saturated carbocycles.